The monoisotopic (exact) mass is 642 g/mol. The minimum absolute atomic E-state index is 0. The molecular weight excluding hydrogens is 603 g/mol. The molecule has 0 saturated carbocycles. The van der Waals surface area contributed by atoms with E-state index in [0.717, 1.165) is 42.6 Å². The average Bonchev–Trinajstić information content (AvgIpc) is 3.04. The normalized spacial score (nSPS) is 18.7. The predicted molar refractivity (Wildman–Crippen MR) is 176 cm³/mol. The molecule has 0 aliphatic carbocycles. The third-order valence-electron chi connectivity index (χ3n) is 8.91. The van der Waals surface area contributed by atoms with Crippen LogP contribution < -0.4 is 0 Å². The fraction of sp³-hybridized carbons (Fsp3) is 0.429. The zero-order valence-corrected chi connectivity index (χ0v) is 27.1. The minimum atomic E-state index is -0.667. The van der Waals surface area contributed by atoms with Crippen molar-refractivity contribution in [2.45, 2.75) is 69.6 Å². The Labute approximate surface area is 271 Å². The molecule has 0 bridgehead atoms. The van der Waals surface area contributed by atoms with Gasteiger partial charge in [0.15, 0.2) is 5.78 Å². The Morgan fingerprint density at radius 1 is 0.814 bits per heavy atom. The number of benzene rings is 3. The highest BCUT2D eigenvalue weighted by atomic mass is 35.5. The summed E-state index contributed by atoms with van der Waals surface area (Å²) in [7, 11) is 0. The van der Waals surface area contributed by atoms with Gasteiger partial charge in [0.05, 0.1) is 16.1 Å². The number of carbonyl (C=O) groups excluding carboxylic acids is 2. The Morgan fingerprint density at radius 3 is 2.05 bits per heavy atom. The quantitative estimate of drug-likeness (QED) is 0.164. The topological polar surface area (TPSA) is 49.9 Å². The lowest BCUT2D eigenvalue weighted by atomic mass is 9.82. The van der Waals surface area contributed by atoms with Gasteiger partial charge in [-0.25, -0.2) is 0 Å². The van der Waals surface area contributed by atoms with E-state index in [1.54, 1.807) is 0 Å². The van der Waals surface area contributed by atoms with Gasteiger partial charge in [-0.2, -0.15) is 0 Å². The van der Waals surface area contributed by atoms with Crippen LogP contribution in [0.1, 0.15) is 79.4 Å². The molecule has 5 rings (SSSR count). The Balaban J connectivity index is 0.00000423. The second-order valence-electron chi connectivity index (χ2n) is 11.5. The standard InChI is InChI=1S/C35H40Cl2N2O3.ClH/c1-2-33(40)42-35(28-14-8-4-9-15-28)18-22-39(23-19-35)31(27-16-17-29(36)30(37)24-27)25-32(38-20-10-5-11-21-38)34(41)26-12-6-3-7-13-26;/h3-4,6-9,12-17,24,31-32H,2,5,10-11,18-23,25H2,1H3;1H. The SMILES string of the molecule is CCC(=O)OC1(c2ccccc2)CCN(C(CC(C(=O)c2ccccc2)N2CCCCC2)c2ccc(Cl)c(Cl)c2)CC1.Cl. The number of nitrogens with zero attached hydrogens (tertiary/aromatic N) is 2. The zero-order chi connectivity index (χ0) is 29.5. The first-order valence-corrected chi connectivity index (χ1v) is 16.0. The minimum Gasteiger partial charge on any atom is -0.454 e. The number of likely N-dealkylation sites (tertiary alicyclic amines) is 2. The number of ketones is 1. The summed E-state index contributed by atoms with van der Waals surface area (Å²) in [5.74, 6) is -0.0259. The van der Waals surface area contributed by atoms with Crippen LogP contribution in [0.25, 0.3) is 0 Å². The van der Waals surface area contributed by atoms with Gasteiger partial charge in [-0.05, 0) is 55.6 Å². The number of carbonyl (C=O) groups is 2. The summed E-state index contributed by atoms with van der Waals surface area (Å²) < 4.78 is 6.19. The van der Waals surface area contributed by atoms with Crippen molar-refractivity contribution < 1.29 is 14.3 Å². The third-order valence-corrected chi connectivity index (χ3v) is 9.65. The smallest absolute Gasteiger partial charge is 0.306 e. The van der Waals surface area contributed by atoms with Gasteiger partial charge in [-0.3, -0.25) is 19.4 Å². The van der Waals surface area contributed by atoms with Gasteiger partial charge in [0, 0.05) is 44.0 Å². The molecular formula is C35H41Cl3N2O3. The number of ether oxygens (including phenoxy) is 1. The largest absolute Gasteiger partial charge is 0.454 e. The van der Waals surface area contributed by atoms with Crippen LogP contribution in [0.2, 0.25) is 10.0 Å². The van der Waals surface area contributed by atoms with Gasteiger partial charge in [0.25, 0.3) is 0 Å². The van der Waals surface area contributed by atoms with Gasteiger partial charge in [-0.1, -0.05) is 103 Å². The number of esters is 1. The molecule has 3 aromatic carbocycles. The number of hydrogen-bond acceptors (Lipinski definition) is 5. The molecule has 3 aromatic rings. The molecule has 2 fully saturated rings. The van der Waals surface area contributed by atoms with Crippen LogP contribution >= 0.6 is 35.6 Å². The summed E-state index contributed by atoms with van der Waals surface area (Å²) in [4.78, 5) is 31.5. The van der Waals surface area contributed by atoms with E-state index in [-0.39, 0.29) is 36.2 Å². The van der Waals surface area contributed by atoms with E-state index >= 15 is 0 Å². The number of rotatable bonds is 10. The molecule has 0 radical (unpaired) electrons. The highest BCUT2D eigenvalue weighted by molar-refractivity contribution is 6.42. The first-order chi connectivity index (χ1) is 20.4. The van der Waals surface area contributed by atoms with Crippen LogP contribution in [0.15, 0.2) is 78.9 Å². The number of piperidine rings is 2. The van der Waals surface area contributed by atoms with Gasteiger partial charge >= 0.3 is 5.97 Å². The van der Waals surface area contributed by atoms with Crippen molar-refractivity contribution in [3.8, 4) is 0 Å². The van der Waals surface area contributed by atoms with Crippen LogP contribution in [0.3, 0.4) is 0 Å². The maximum absolute atomic E-state index is 14.1. The summed E-state index contributed by atoms with van der Waals surface area (Å²) in [5.41, 5.74) is 2.15. The number of hydrogen-bond donors (Lipinski definition) is 0. The van der Waals surface area contributed by atoms with E-state index < -0.39 is 5.60 Å². The van der Waals surface area contributed by atoms with Crippen molar-refractivity contribution in [3.63, 3.8) is 0 Å². The first-order valence-electron chi connectivity index (χ1n) is 15.2. The van der Waals surface area contributed by atoms with Crippen molar-refractivity contribution in [1.82, 2.24) is 9.80 Å². The lowest BCUT2D eigenvalue weighted by molar-refractivity contribution is -0.167. The van der Waals surface area contributed by atoms with Crippen molar-refractivity contribution in [2.75, 3.05) is 26.2 Å². The maximum atomic E-state index is 14.1. The molecule has 2 aliphatic heterocycles. The van der Waals surface area contributed by atoms with E-state index in [4.69, 9.17) is 27.9 Å². The highest BCUT2D eigenvalue weighted by Gasteiger charge is 2.42. The molecule has 0 spiro atoms. The molecule has 43 heavy (non-hydrogen) atoms. The lowest BCUT2D eigenvalue weighted by Gasteiger charge is -2.45. The molecule has 8 heteroatoms. The summed E-state index contributed by atoms with van der Waals surface area (Å²) in [6, 6.07) is 25.3. The Hall–Kier alpha value is -2.41. The summed E-state index contributed by atoms with van der Waals surface area (Å²) in [6.07, 6.45) is 5.71. The van der Waals surface area contributed by atoms with Crippen LogP contribution in [-0.2, 0) is 15.1 Å². The second-order valence-corrected chi connectivity index (χ2v) is 12.3. The van der Waals surface area contributed by atoms with Crippen molar-refractivity contribution in [3.05, 3.63) is 106 Å². The summed E-state index contributed by atoms with van der Waals surface area (Å²) in [6.45, 7) is 5.09. The fourth-order valence-corrected chi connectivity index (χ4v) is 6.86. The van der Waals surface area contributed by atoms with E-state index in [1.165, 1.54) is 6.42 Å². The molecule has 230 valence electrons. The summed E-state index contributed by atoms with van der Waals surface area (Å²) in [5, 5.41) is 1.02. The number of Topliss-reactive ketones (excluding diaryl/α,β-unsaturated/α-hetero) is 1. The predicted octanol–water partition coefficient (Wildman–Crippen LogP) is 8.53. The molecule has 5 nitrogen and oxygen atoms in total. The molecule has 0 aromatic heterocycles. The molecule has 2 atom stereocenters. The third kappa shape index (κ3) is 8.01. The zero-order valence-electron chi connectivity index (χ0n) is 24.7. The van der Waals surface area contributed by atoms with Crippen LogP contribution in [0, 0.1) is 0 Å². The highest BCUT2D eigenvalue weighted by Crippen LogP contribution is 2.41. The lowest BCUT2D eigenvalue weighted by Crippen LogP contribution is -2.49. The van der Waals surface area contributed by atoms with Crippen molar-refractivity contribution in [2.24, 2.45) is 0 Å². The Kier molecular flexibility index (Phi) is 12.1. The van der Waals surface area contributed by atoms with Gasteiger partial charge in [0.1, 0.15) is 5.60 Å². The van der Waals surface area contributed by atoms with Gasteiger partial charge < -0.3 is 4.74 Å². The molecule has 2 saturated heterocycles. The van der Waals surface area contributed by atoms with Crippen molar-refractivity contribution >= 4 is 47.4 Å². The van der Waals surface area contributed by atoms with E-state index in [1.807, 2.05) is 73.7 Å². The van der Waals surface area contributed by atoms with E-state index in [9.17, 15) is 9.59 Å². The van der Waals surface area contributed by atoms with E-state index in [2.05, 4.69) is 21.9 Å². The second kappa shape index (κ2) is 15.5. The molecule has 0 amide bonds. The molecule has 2 aliphatic rings. The molecule has 0 N–H and O–H groups in total. The van der Waals surface area contributed by atoms with E-state index in [0.29, 0.717) is 48.8 Å². The van der Waals surface area contributed by atoms with Crippen LogP contribution in [0.5, 0.6) is 0 Å². The first kappa shape index (κ1) is 33.5. The summed E-state index contributed by atoms with van der Waals surface area (Å²) >= 11 is 12.9. The van der Waals surface area contributed by atoms with Gasteiger partial charge in [0.2, 0.25) is 0 Å². The fourth-order valence-electron chi connectivity index (χ4n) is 6.55. The Morgan fingerprint density at radius 2 is 1.44 bits per heavy atom. The van der Waals surface area contributed by atoms with Crippen LogP contribution in [0.4, 0.5) is 0 Å². The van der Waals surface area contributed by atoms with Gasteiger partial charge in [-0.15, -0.1) is 12.4 Å². The van der Waals surface area contributed by atoms with Crippen molar-refractivity contribution in [1.29, 1.82) is 0 Å². The number of halogens is 3. The van der Waals surface area contributed by atoms with Crippen LogP contribution in [-0.4, -0.2) is 53.8 Å². The molecule has 2 unspecified atom stereocenters. The maximum Gasteiger partial charge on any atom is 0.306 e. The molecule has 2 heterocycles. The average molecular weight is 644 g/mol. The Bertz CT molecular complexity index is 1340.